The normalized spacial score (nSPS) is 22.1. The monoisotopic (exact) mass is 221 g/mol. The second-order valence-electron chi connectivity index (χ2n) is 4.42. The lowest BCUT2D eigenvalue weighted by atomic mass is 10.1. The summed E-state index contributed by atoms with van der Waals surface area (Å²) in [5.74, 6) is 0.944. The molecule has 0 spiro atoms. The van der Waals surface area contributed by atoms with Crippen molar-refractivity contribution in [1.82, 2.24) is 0 Å². The summed E-state index contributed by atoms with van der Waals surface area (Å²) >= 11 is 0. The van der Waals surface area contributed by atoms with Gasteiger partial charge in [0.1, 0.15) is 11.9 Å². The molecule has 0 radical (unpaired) electrons. The lowest BCUT2D eigenvalue weighted by Crippen LogP contribution is -2.16. The largest absolute Gasteiger partial charge is 0.488 e. The van der Waals surface area contributed by atoms with Crippen LogP contribution in [0.15, 0.2) is 18.2 Å². The topological polar surface area (TPSA) is 44.5 Å². The van der Waals surface area contributed by atoms with Crippen LogP contribution in [-0.4, -0.2) is 19.3 Å². The maximum Gasteiger partial charge on any atom is 0.124 e. The molecule has 1 aromatic rings. The third-order valence-corrected chi connectivity index (χ3v) is 2.91. The predicted octanol–water partition coefficient (Wildman–Crippen LogP) is 2.18. The second kappa shape index (κ2) is 4.85. The third-order valence-electron chi connectivity index (χ3n) is 2.91. The smallest absolute Gasteiger partial charge is 0.124 e. The van der Waals surface area contributed by atoms with E-state index in [0.29, 0.717) is 6.61 Å². The average Bonchev–Trinajstić information content (AvgIpc) is 2.73. The molecule has 16 heavy (non-hydrogen) atoms. The first-order valence-corrected chi connectivity index (χ1v) is 5.77. The molecule has 0 aromatic heterocycles. The Bertz CT molecular complexity index is 357. The molecular formula is C13H19NO2. The minimum atomic E-state index is 0.0718. The number of ether oxygens (including phenoxy) is 2. The summed E-state index contributed by atoms with van der Waals surface area (Å²) in [6.07, 6.45) is 1.19. The highest BCUT2D eigenvalue weighted by molar-refractivity contribution is 5.37. The Hall–Kier alpha value is -1.06. The van der Waals surface area contributed by atoms with Crippen LogP contribution in [0, 0.1) is 6.92 Å². The molecule has 2 atom stereocenters. The van der Waals surface area contributed by atoms with Gasteiger partial charge < -0.3 is 15.2 Å². The number of nitrogens with two attached hydrogens (primary N) is 1. The molecule has 88 valence electrons. The number of hydrogen-bond acceptors (Lipinski definition) is 3. The van der Waals surface area contributed by atoms with Crippen molar-refractivity contribution >= 4 is 0 Å². The lowest BCUT2D eigenvalue weighted by Gasteiger charge is -2.15. The highest BCUT2D eigenvalue weighted by atomic mass is 16.5. The molecule has 1 unspecified atom stereocenters. The van der Waals surface area contributed by atoms with Crippen LogP contribution in [-0.2, 0) is 4.74 Å². The Morgan fingerprint density at radius 2 is 2.31 bits per heavy atom. The van der Waals surface area contributed by atoms with E-state index in [1.807, 2.05) is 19.1 Å². The molecule has 1 saturated heterocycles. The maximum atomic E-state index is 5.87. The van der Waals surface area contributed by atoms with Gasteiger partial charge in [0.2, 0.25) is 0 Å². The molecule has 1 fully saturated rings. The fraction of sp³-hybridized carbons (Fsp3) is 0.538. The molecule has 1 aliphatic rings. The summed E-state index contributed by atoms with van der Waals surface area (Å²) in [7, 11) is 0. The van der Waals surface area contributed by atoms with E-state index in [9.17, 15) is 0 Å². The fourth-order valence-corrected chi connectivity index (χ4v) is 1.87. The SMILES string of the molecule is Cc1cc([C@@H](C)N)ccc1OC1CCOC1. The van der Waals surface area contributed by atoms with E-state index in [4.69, 9.17) is 15.2 Å². The number of aryl methyl sites for hydroxylation is 1. The van der Waals surface area contributed by atoms with Crippen molar-refractivity contribution in [3.05, 3.63) is 29.3 Å². The summed E-state index contributed by atoms with van der Waals surface area (Å²) in [5.41, 5.74) is 8.12. The van der Waals surface area contributed by atoms with E-state index in [0.717, 1.165) is 29.9 Å². The molecule has 3 nitrogen and oxygen atoms in total. The van der Waals surface area contributed by atoms with Crippen LogP contribution in [0.5, 0.6) is 5.75 Å². The van der Waals surface area contributed by atoms with Crippen molar-refractivity contribution < 1.29 is 9.47 Å². The van der Waals surface area contributed by atoms with Crippen molar-refractivity contribution in [2.24, 2.45) is 5.73 Å². The predicted molar refractivity (Wildman–Crippen MR) is 63.6 cm³/mol. The first kappa shape index (κ1) is 11.4. The van der Waals surface area contributed by atoms with E-state index >= 15 is 0 Å². The van der Waals surface area contributed by atoms with E-state index in [2.05, 4.69) is 13.0 Å². The Labute approximate surface area is 96.5 Å². The average molecular weight is 221 g/mol. The van der Waals surface area contributed by atoms with Crippen molar-refractivity contribution in [3.8, 4) is 5.75 Å². The van der Waals surface area contributed by atoms with Gasteiger partial charge in [0.05, 0.1) is 13.2 Å². The molecule has 1 aliphatic heterocycles. The van der Waals surface area contributed by atoms with Gasteiger partial charge in [-0.05, 0) is 31.0 Å². The highest BCUT2D eigenvalue weighted by Crippen LogP contribution is 2.24. The summed E-state index contributed by atoms with van der Waals surface area (Å²) in [5, 5.41) is 0. The molecule has 0 bridgehead atoms. The molecule has 3 heteroatoms. The van der Waals surface area contributed by atoms with Gasteiger partial charge in [0.25, 0.3) is 0 Å². The summed E-state index contributed by atoms with van der Waals surface area (Å²) in [4.78, 5) is 0. The maximum absolute atomic E-state index is 5.87. The Balaban J connectivity index is 2.09. The fourth-order valence-electron chi connectivity index (χ4n) is 1.87. The van der Waals surface area contributed by atoms with Crippen molar-refractivity contribution in [3.63, 3.8) is 0 Å². The second-order valence-corrected chi connectivity index (χ2v) is 4.42. The molecule has 1 aromatic carbocycles. The highest BCUT2D eigenvalue weighted by Gasteiger charge is 2.18. The molecule has 0 aliphatic carbocycles. The zero-order valence-electron chi connectivity index (χ0n) is 9.90. The van der Waals surface area contributed by atoms with Crippen LogP contribution >= 0.6 is 0 Å². The zero-order chi connectivity index (χ0) is 11.5. The van der Waals surface area contributed by atoms with Gasteiger partial charge in [-0.3, -0.25) is 0 Å². The number of hydrogen-bond donors (Lipinski definition) is 1. The van der Waals surface area contributed by atoms with Crippen molar-refractivity contribution in [2.75, 3.05) is 13.2 Å². The van der Waals surface area contributed by atoms with Gasteiger partial charge in [-0.1, -0.05) is 12.1 Å². The van der Waals surface area contributed by atoms with Gasteiger partial charge in [0.15, 0.2) is 0 Å². The molecule has 0 amide bonds. The van der Waals surface area contributed by atoms with E-state index in [1.54, 1.807) is 0 Å². The van der Waals surface area contributed by atoms with Gasteiger partial charge in [-0.15, -0.1) is 0 Å². The van der Waals surface area contributed by atoms with E-state index in [1.165, 1.54) is 0 Å². The Morgan fingerprint density at radius 1 is 1.50 bits per heavy atom. The van der Waals surface area contributed by atoms with Gasteiger partial charge >= 0.3 is 0 Å². The summed E-state index contributed by atoms with van der Waals surface area (Å²) in [6, 6.07) is 6.20. The van der Waals surface area contributed by atoms with Crippen LogP contribution in [0.25, 0.3) is 0 Å². The van der Waals surface area contributed by atoms with E-state index in [-0.39, 0.29) is 12.1 Å². The Morgan fingerprint density at radius 3 is 2.88 bits per heavy atom. The standard InChI is InChI=1S/C13H19NO2/c1-9-7-11(10(2)14)3-4-13(9)16-12-5-6-15-8-12/h3-4,7,10,12H,5-6,8,14H2,1-2H3/t10-,12?/m1/s1. The van der Waals surface area contributed by atoms with Crippen LogP contribution < -0.4 is 10.5 Å². The minimum Gasteiger partial charge on any atom is -0.488 e. The van der Waals surface area contributed by atoms with Gasteiger partial charge in [-0.2, -0.15) is 0 Å². The summed E-state index contributed by atoms with van der Waals surface area (Å²) in [6.45, 7) is 5.55. The Kier molecular flexibility index (Phi) is 3.46. The van der Waals surface area contributed by atoms with Crippen LogP contribution in [0.3, 0.4) is 0 Å². The van der Waals surface area contributed by atoms with Crippen LogP contribution in [0.2, 0.25) is 0 Å². The minimum absolute atomic E-state index is 0.0718. The van der Waals surface area contributed by atoms with Gasteiger partial charge in [-0.25, -0.2) is 0 Å². The summed E-state index contributed by atoms with van der Waals surface area (Å²) < 4.78 is 11.2. The van der Waals surface area contributed by atoms with Crippen LogP contribution in [0.1, 0.15) is 30.5 Å². The quantitative estimate of drug-likeness (QED) is 0.850. The van der Waals surface area contributed by atoms with E-state index < -0.39 is 0 Å². The molecule has 0 saturated carbocycles. The molecular weight excluding hydrogens is 202 g/mol. The zero-order valence-corrected chi connectivity index (χ0v) is 9.90. The molecule has 2 N–H and O–H groups in total. The van der Waals surface area contributed by atoms with Crippen molar-refractivity contribution in [1.29, 1.82) is 0 Å². The molecule has 1 heterocycles. The van der Waals surface area contributed by atoms with Crippen molar-refractivity contribution in [2.45, 2.75) is 32.4 Å². The first-order chi connectivity index (χ1) is 7.66. The third kappa shape index (κ3) is 2.54. The molecule has 2 rings (SSSR count). The lowest BCUT2D eigenvalue weighted by molar-refractivity contribution is 0.141. The first-order valence-electron chi connectivity index (χ1n) is 5.77. The van der Waals surface area contributed by atoms with Gasteiger partial charge in [0, 0.05) is 12.5 Å². The number of benzene rings is 1. The van der Waals surface area contributed by atoms with Crippen LogP contribution in [0.4, 0.5) is 0 Å². The number of rotatable bonds is 3.